The number of benzene rings is 4. The first-order valence-electron chi connectivity index (χ1n) is 10.1. The lowest BCUT2D eigenvalue weighted by atomic mass is 9.92. The van der Waals surface area contributed by atoms with E-state index in [1.54, 1.807) is 6.20 Å². The van der Waals surface area contributed by atoms with Crippen molar-refractivity contribution in [3.05, 3.63) is 109 Å². The Morgan fingerprint density at radius 1 is 0.467 bits per heavy atom. The molecule has 2 heteroatoms. The number of rotatable bonds is 2. The van der Waals surface area contributed by atoms with Crippen LogP contribution in [0.3, 0.4) is 0 Å². The van der Waals surface area contributed by atoms with Crippen LogP contribution in [0.25, 0.3) is 55.0 Å². The van der Waals surface area contributed by atoms with Gasteiger partial charge in [-0.1, -0.05) is 72.8 Å². The van der Waals surface area contributed by atoms with Gasteiger partial charge < -0.3 is 0 Å². The first-order valence-corrected chi connectivity index (χ1v) is 10.1. The standard InChI is InChI=1S/C28H18N2/c1-2-9-21-19(8-1)15-16-20-18-24(22-10-3-4-11-23(22)28(20)21)25-13-7-14-27(30-25)26-12-5-6-17-29-26/h1-18H. The molecule has 0 N–H and O–H groups in total. The van der Waals surface area contributed by atoms with Crippen molar-refractivity contribution in [1.82, 2.24) is 9.97 Å². The normalized spacial score (nSPS) is 11.3. The number of hydrogen-bond donors (Lipinski definition) is 0. The third kappa shape index (κ3) is 2.66. The zero-order chi connectivity index (χ0) is 19.9. The molecule has 2 aromatic heterocycles. The predicted octanol–water partition coefficient (Wildman–Crippen LogP) is 7.27. The molecule has 0 atom stereocenters. The summed E-state index contributed by atoms with van der Waals surface area (Å²) in [6, 6.07) is 36.0. The number of aromatic nitrogens is 2. The lowest BCUT2D eigenvalue weighted by molar-refractivity contribution is 1.25. The van der Waals surface area contributed by atoms with E-state index in [1.165, 1.54) is 32.3 Å². The van der Waals surface area contributed by atoms with Gasteiger partial charge in [-0.05, 0) is 62.6 Å². The van der Waals surface area contributed by atoms with Crippen LogP contribution in [-0.4, -0.2) is 9.97 Å². The monoisotopic (exact) mass is 382 g/mol. The maximum absolute atomic E-state index is 4.97. The Balaban J connectivity index is 1.67. The van der Waals surface area contributed by atoms with Crippen LogP contribution in [0.15, 0.2) is 109 Å². The molecule has 4 aromatic carbocycles. The molecule has 0 spiro atoms. The highest BCUT2D eigenvalue weighted by molar-refractivity contribution is 6.23. The Morgan fingerprint density at radius 2 is 1.17 bits per heavy atom. The van der Waals surface area contributed by atoms with Crippen LogP contribution in [0.2, 0.25) is 0 Å². The summed E-state index contributed by atoms with van der Waals surface area (Å²) in [5.74, 6) is 0. The van der Waals surface area contributed by atoms with Gasteiger partial charge in [0, 0.05) is 11.8 Å². The summed E-state index contributed by atoms with van der Waals surface area (Å²) in [4.78, 5) is 9.44. The molecule has 0 amide bonds. The molecule has 2 heterocycles. The van der Waals surface area contributed by atoms with E-state index >= 15 is 0 Å². The smallest absolute Gasteiger partial charge is 0.0893 e. The van der Waals surface area contributed by atoms with Crippen molar-refractivity contribution in [3.63, 3.8) is 0 Å². The maximum atomic E-state index is 4.97. The predicted molar refractivity (Wildman–Crippen MR) is 125 cm³/mol. The highest BCUT2D eigenvalue weighted by Gasteiger charge is 2.12. The van der Waals surface area contributed by atoms with E-state index in [-0.39, 0.29) is 0 Å². The van der Waals surface area contributed by atoms with Crippen molar-refractivity contribution in [2.75, 3.05) is 0 Å². The quantitative estimate of drug-likeness (QED) is 0.294. The minimum absolute atomic E-state index is 0.885. The van der Waals surface area contributed by atoms with E-state index < -0.39 is 0 Å². The zero-order valence-corrected chi connectivity index (χ0v) is 16.3. The van der Waals surface area contributed by atoms with Gasteiger partial charge in [-0.25, -0.2) is 4.98 Å². The van der Waals surface area contributed by atoms with Crippen molar-refractivity contribution in [1.29, 1.82) is 0 Å². The van der Waals surface area contributed by atoms with E-state index in [1.807, 2.05) is 24.3 Å². The lowest BCUT2D eigenvalue weighted by Gasteiger charge is -2.13. The van der Waals surface area contributed by atoms with Gasteiger partial charge in [0.2, 0.25) is 0 Å². The Morgan fingerprint density at radius 3 is 2.03 bits per heavy atom. The van der Waals surface area contributed by atoms with Gasteiger partial charge in [0.25, 0.3) is 0 Å². The second-order valence-corrected chi connectivity index (χ2v) is 7.48. The molecule has 0 unspecified atom stereocenters. The Hall–Kier alpha value is -4.04. The topological polar surface area (TPSA) is 25.8 Å². The van der Waals surface area contributed by atoms with Crippen molar-refractivity contribution in [2.24, 2.45) is 0 Å². The molecule has 0 fully saturated rings. The molecule has 0 saturated heterocycles. The Bertz CT molecular complexity index is 1540. The van der Waals surface area contributed by atoms with Crippen LogP contribution in [0.5, 0.6) is 0 Å². The highest BCUT2D eigenvalue weighted by atomic mass is 14.8. The van der Waals surface area contributed by atoms with Crippen LogP contribution < -0.4 is 0 Å². The summed E-state index contributed by atoms with van der Waals surface area (Å²) < 4.78 is 0. The molecule has 2 nitrogen and oxygen atoms in total. The van der Waals surface area contributed by atoms with Gasteiger partial charge in [0.15, 0.2) is 0 Å². The number of hydrogen-bond acceptors (Lipinski definition) is 2. The first kappa shape index (κ1) is 16.9. The van der Waals surface area contributed by atoms with Gasteiger partial charge in [0.1, 0.15) is 0 Å². The average Bonchev–Trinajstić information content (AvgIpc) is 2.84. The van der Waals surface area contributed by atoms with E-state index in [0.29, 0.717) is 0 Å². The second kappa shape index (κ2) is 6.78. The lowest BCUT2D eigenvalue weighted by Crippen LogP contribution is -1.91. The summed E-state index contributed by atoms with van der Waals surface area (Å²) in [5.41, 5.74) is 3.88. The van der Waals surface area contributed by atoms with Gasteiger partial charge >= 0.3 is 0 Å². The molecule has 0 aliphatic heterocycles. The summed E-state index contributed by atoms with van der Waals surface area (Å²) in [6.07, 6.45) is 1.81. The van der Waals surface area contributed by atoms with Crippen LogP contribution in [0.4, 0.5) is 0 Å². The molecule has 0 saturated carbocycles. The summed E-state index contributed by atoms with van der Waals surface area (Å²) in [5, 5.41) is 7.55. The highest BCUT2D eigenvalue weighted by Crippen LogP contribution is 2.38. The fraction of sp³-hybridized carbons (Fsp3) is 0. The van der Waals surface area contributed by atoms with E-state index in [0.717, 1.165) is 22.6 Å². The van der Waals surface area contributed by atoms with Crippen molar-refractivity contribution in [3.8, 4) is 22.6 Å². The molecule has 0 aliphatic carbocycles. The van der Waals surface area contributed by atoms with E-state index in [9.17, 15) is 0 Å². The van der Waals surface area contributed by atoms with Gasteiger partial charge in [0.05, 0.1) is 17.1 Å². The van der Waals surface area contributed by atoms with E-state index in [4.69, 9.17) is 4.98 Å². The van der Waals surface area contributed by atoms with Crippen LogP contribution >= 0.6 is 0 Å². The molecular weight excluding hydrogens is 364 g/mol. The molecule has 6 rings (SSSR count). The third-order valence-corrected chi connectivity index (χ3v) is 5.70. The Labute approximate surface area is 174 Å². The fourth-order valence-corrected chi connectivity index (χ4v) is 4.33. The molecule has 6 aromatic rings. The number of fused-ring (bicyclic) bond motifs is 5. The zero-order valence-electron chi connectivity index (χ0n) is 16.3. The minimum atomic E-state index is 0.885. The fourth-order valence-electron chi connectivity index (χ4n) is 4.33. The average molecular weight is 382 g/mol. The minimum Gasteiger partial charge on any atom is -0.255 e. The van der Waals surface area contributed by atoms with E-state index in [2.05, 4.69) is 83.8 Å². The molecule has 140 valence electrons. The van der Waals surface area contributed by atoms with Gasteiger partial charge in [-0.15, -0.1) is 0 Å². The molecule has 30 heavy (non-hydrogen) atoms. The SMILES string of the molecule is c1ccc(-c2cccc(-c3cc4ccc5ccccc5c4c4ccccc34)n2)nc1. The summed E-state index contributed by atoms with van der Waals surface area (Å²) in [7, 11) is 0. The van der Waals surface area contributed by atoms with Crippen LogP contribution in [0, 0.1) is 0 Å². The largest absolute Gasteiger partial charge is 0.255 e. The van der Waals surface area contributed by atoms with Crippen molar-refractivity contribution < 1.29 is 0 Å². The van der Waals surface area contributed by atoms with Crippen molar-refractivity contribution in [2.45, 2.75) is 0 Å². The first-order chi connectivity index (χ1) is 14.9. The molecular formula is C28H18N2. The number of pyridine rings is 2. The molecule has 0 aliphatic rings. The van der Waals surface area contributed by atoms with Crippen LogP contribution in [0.1, 0.15) is 0 Å². The second-order valence-electron chi connectivity index (χ2n) is 7.48. The van der Waals surface area contributed by atoms with Crippen molar-refractivity contribution >= 4 is 32.3 Å². The number of nitrogens with zero attached hydrogens (tertiary/aromatic N) is 2. The summed E-state index contributed by atoms with van der Waals surface area (Å²) in [6.45, 7) is 0. The van der Waals surface area contributed by atoms with Crippen LogP contribution in [-0.2, 0) is 0 Å². The summed E-state index contributed by atoms with van der Waals surface area (Å²) >= 11 is 0. The van der Waals surface area contributed by atoms with Gasteiger partial charge in [-0.2, -0.15) is 0 Å². The molecule has 0 bridgehead atoms. The maximum Gasteiger partial charge on any atom is 0.0893 e. The Kier molecular flexibility index (Phi) is 3.82. The molecule has 0 radical (unpaired) electrons. The third-order valence-electron chi connectivity index (χ3n) is 5.70. The van der Waals surface area contributed by atoms with Gasteiger partial charge in [-0.3, -0.25) is 4.98 Å².